The van der Waals surface area contributed by atoms with Crippen LogP contribution >= 0.6 is 0 Å². The number of aliphatic hydroxyl groups excluding tert-OH is 1. The van der Waals surface area contributed by atoms with E-state index in [-0.39, 0.29) is 36.9 Å². The number of anilines is 1. The molecular formula is C22H21N5O5. The summed E-state index contributed by atoms with van der Waals surface area (Å²) in [7, 11) is 1.25. The number of pyridine rings is 1. The van der Waals surface area contributed by atoms with Gasteiger partial charge in [0.05, 0.1) is 37.1 Å². The van der Waals surface area contributed by atoms with Crippen molar-refractivity contribution in [3.05, 3.63) is 59.6 Å². The Morgan fingerprint density at radius 3 is 2.69 bits per heavy atom. The third-order valence-corrected chi connectivity index (χ3v) is 4.97. The molecule has 10 nitrogen and oxygen atoms in total. The maximum absolute atomic E-state index is 12.9. The largest absolute Gasteiger partial charge is 0.466 e. The quantitative estimate of drug-likeness (QED) is 0.533. The van der Waals surface area contributed by atoms with Crippen LogP contribution in [0.2, 0.25) is 0 Å². The molecule has 0 saturated heterocycles. The maximum Gasteiger partial charge on any atom is 0.337 e. The van der Waals surface area contributed by atoms with Crippen molar-refractivity contribution in [1.29, 1.82) is 0 Å². The number of aliphatic hydroxyl groups is 1. The van der Waals surface area contributed by atoms with Crippen LogP contribution in [0.1, 0.15) is 5.56 Å². The van der Waals surface area contributed by atoms with Gasteiger partial charge in [-0.15, -0.1) is 10.2 Å². The predicted octanol–water partition coefficient (Wildman–Crippen LogP) is 1.78. The summed E-state index contributed by atoms with van der Waals surface area (Å²) in [5, 5.41) is 20.6. The first kappa shape index (κ1) is 21.2. The molecule has 3 aromatic rings. The summed E-state index contributed by atoms with van der Waals surface area (Å²) < 4.78 is 10.7. The van der Waals surface area contributed by atoms with Gasteiger partial charge in [0.15, 0.2) is 0 Å². The molecule has 0 fully saturated rings. The summed E-state index contributed by atoms with van der Waals surface area (Å²) in [6.07, 6.45) is 3.26. The van der Waals surface area contributed by atoms with Crippen molar-refractivity contribution in [2.45, 2.75) is 6.92 Å². The molecule has 0 aliphatic carbocycles. The zero-order valence-electron chi connectivity index (χ0n) is 17.5. The van der Waals surface area contributed by atoms with Crippen molar-refractivity contribution in [3.8, 4) is 22.9 Å². The number of β-amino-alcohol motifs (C(OH)–C–C–N with tert-alkyl or cyclic N) is 1. The van der Waals surface area contributed by atoms with E-state index < -0.39 is 11.9 Å². The summed E-state index contributed by atoms with van der Waals surface area (Å²) >= 11 is 0. The topological polar surface area (TPSA) is 131 Å². The number of benzene rings is 1. The highest BCUT2D eigenvalue weighted by atomic mass is 16.5. The second kappa shape index (κ2) is 8.98. The van der Waals surface area contributed by atoms with Gasteiger partial charge in [-0.25, -0.2) is 4.79 Å². The number of aromatic nitrogens is 3. The van der Waals surface area contributed by atoms with E-state index in [1.807, 2.05) is 19.1 Å². The third-order valence-electron chi connectivity index (χ3n) is 4.97. The first-order chi connectivity index (χ1) is 15.5. The van der Waals surface area contributed by atoms with Crippen molar-refractivity contribution in [2.75, 3.05) is 32.1 Å². The number of hydrogen-bond acceptors (Lipinski definition) is 9. The van der Waals surface area contributed by atoms with Crippen LogP contribution in [-0.4, -0.2) is 63.9 Å². The molecule has 1 amide bonds. The Morgan fingerprint density at radius 1 is 1.22 bits per heavy atom. The van der Waals surface area contributed by atoms with E-state index in [1.54, 1.807) is 30.6 Å². The maximum atomic E-state index is 12.9. The number of amides is 1. The van der Waals surface area contributed by atoms with Gasteiger partial charge in [0, 0.05) is 24.5 Å². The monoisotopic (exact) mass is 435 g/mol. The minimum Gasteiger partial charge on any atom is -0.466 e. The summed E-state index contributed by atoms with van der Waals surface area (Å²) in [5.41, 5.74) is 3.02. The van der Waals surface area contributed by atoms with Crippen LogP contribution < -0.4 is 5.32 Å². The Bertz CT molecular complexity index is 1190. The van der Waals surface area contributed by atoms with Crippen molar-refractivity contribution < 1.29 is 23.8 Å². The first-order valence-electron chi connectivity index (χ1n) is 9.85. The number of esters is 1. The lowest BCUT2D eigenvalue weighted by Gasteiger charge is -2.15. The van der Waals surface area contributed by atoms with Crippen LogP contribution in [0, 0.1) is 6.92 Å². The van der Waals surface area contributed by atoms with Gasteiger partial charge >= 0.3 is 5.97 Å². The van der Waals surface area contributed by atoms with Crippen LogP contribution in [0.25, 0.3) is 22.9 Å². The molecule has 0 spiro atoms. The minimum atomic E-state index is -0.618. The van der Waals surface area contributed by atoms with E-state index in [4.69, 9.17) is 9.15 Å². The molecule has 4 rings (SSSR count). The van der Waals surface area contributed by atoms with Gasteiger partial charge in [0.1, 0.15) is 5.70 Å². The first-order valence-corrected chi connectivity index (χ1v) is 9.85. The Labute approximate surface area is 183 Å². The molecule has 0 bridgehead atoms. The van der Waals surface area contributed by atoms with Gasteiger partial charge in [-0.2, -0.15) is 0 Å². The van der Waals surface area contributed by atoms with Crippen LogP contribution in [0.4, 0.5) is 5.69 Å². The molecule has 0 atom stereocenters. The summed E-state index contributed by atoms with van der Waals surface area (Å²) in [6.45, 7) is 1.84. The van der Waals surface area contributed by atoms with Crippen molar-refractivity contribution in [1.82, 2.24) is 20.1 Å². The predicted molar refractivity (Wildman–Crippen MR) is 114 cm³/mol. The zero-order valence-corrected chi connectivity index (χ0v) is 17.5. The van der Waals surface area contributed by atoms with Gasteiger partial charge in [-0.05, 0) is 31.2 Å². The minimum absolute atomic E-state index is 0.0440. The number of carbonyl (C=O) groups excluding carboxylic acids is 2. The lowest BCUT2D eigenvalue weighted by atomic mass is 10.1. The van der Waals surface area contributed by atoms with Gasteiger partial charge in [0.2, 0.25) is 11.8 Å². The second-order valence-corrected chi connectivity index (χ2v) is 7.12. The normalized spacial score (nSPS) is 13.6. The molecule has 1 aliphatic rings. The molecule has 10 heteroatoms. The molecule has 2 aromatic heterocycles. The Kier molecular flexibility index (Phi) is 5.95. The van der Waals surface area contributed by atoms with Crippen LogP contribution in [0.15, 0.2) is 58.4 Å². The average molecular weight is 435 g/mol. The van der Waals surface area contributed by atoms with E-state index >= 15 is 0 Å². The smallest absolute Gasteiger partial charge is 0.337 e. The summed E-state index contributed by atoms with van der Waals surface area (Å²) in [5.74, 6) is -0.446. The molecule has 1 aromatic carbocycles. The fourth-order valence-electron chi connectivity index (χ4n) is 3.37. The fourth-order valence-corrected chi connectivity index (χ4v) is 3.37. The standard InChI is InChI=1S/C22H21N5O5/c1-13-3-4-17(24-18-16(22(30)31-2)12-27(9-10-28)21(18)29)15(11-13)20-26-25-19(32-20)14-5-7-23-8-6-14/h3-8,11,24,28H,9-10,12H2,1-2H3. The summed E-state index contributed by atoms with van der Waals surface area (Å²) in [6, 6.07) is 8.98. The highest BCUT2D eigenvalue weighted by molar-refractivity contribution is 6.09. The number of rotatable bonds is 7. The Balaban J connectivity index is 1.72. The van der Waals surface area contributed by atoms with E-state index in [2.05, 4.69) is 20.5 Å². The van der Waals surface area contributed by atoms with E-state index in [9.17, 15) is 14.7 Å². The van der Waals surface area contributed by atoms with Crippen molar-refractivity contribution in [3.63, 3.8) is 0 Å². The number of nitrogens with one attached hydrogen (secondary N) is 1. The second-order valence-electron chi connectivity index (χ2n) is 7.12. The van der Waals surface area contributed by atoms with Crippen LogP contribution in [-0.2, 0) is 14.3 Å². The molecule has 0 radical (unpaired) electrons. The molecule has 164 valence electrons. The van der Waals surface area contributed by atoms with Gasteiger partial charge in [-0.3, -0.25) is 9.78 Å². The Hall–Kier alpha value is -4.05. The van der Waals surface area contributed by atoms with Crippen molar-refractivity contribution in [2.24, 2.45) is 0 Å². The van der Waals surface area contributed by atoms with Crippen molar-refractivity contribution >= 4 is 17.6 Å². The van der Waals surface area contributed by atoms with Crippen LogP contribution in [0.5, 0.6) is 0 Å². The Morgan fingerprint density at radius 2 is 1.97 bits per heavy atom. The third kappa shape index (κ3) is 4.08. The molecular weight excluding hydrogens is 414 g/mol. The number of carbonyl (C=O) groups is 2. The van der Waals surface area contributed by atoms with Gasteiger partial charge < -0.3 is 24.5 Å². The fraction of sp³-hybridized carbons (Fsp3) is 0.227. The number of hydrogen-bond donors (Lipinski definition) is 2. The van der Waals surface area contributed by atoms with E-state index in [0.717, 1.165) is 11.1 Å². The highest BCUT2D eigenvalue weighted by Crippen LogP contribution is 2.33. The number of methoxy groups -OCH3 is 1. The highest BCUT2D eigenvalue weighted by Gasteiger charge is 2.35. The zero-order chi connectivity index (χ0) is 22.7. The number of nitrogens with zero attached hydrogens (tertiary/aromatic N) is 4. The summed E-state index contributed by atoms with van der Waals surface area (Å²) in [4.78, 5) is 30.5. The molecule has 3 heterocycles. The number of aryl methyl sites for hydroxylation is 1. The molecule has 2 N–H and O–H groups in total. The molecule has 32 heavy (non-hydrogen) atoms. The van der Waals surface area contributed by atoms with E-state index in [1.165, 1.54) is 12.0 Å². The van der Waals surface area contributed by atoms with Gasteiger partial charge in [0.25, 0.3) is 5.91 Å². The van der Waals surface area contributed by atoms with Gasteiger partial charge in [-0.1, -0.05) is 11.6 Å². The lowest BCUT2D eigenvalue weighted by Crippen LogP contribution is -2.31. The average Bonchev–Trinajstić information content (AvgIpc) is 3.42. The molecule has 0 saturated carbocycles. The lowest BCUT2D eigenvalue weighted by molar-refractivity contribution is -0.136. The SMILES string of the molecule is COC(=O)C1=C(Nc2ccc(C)cc2-c2nnc(-c3ccncc3)o2)C(=O)N(CCO)C1. The van der Waals surface area contributed by atoms with E-state index in [0.29, 0.717) is 17.1 Å². The molecule has 0 unspecified atom stereocenters. The number of ether oxygens (including phenoxy) is 1. The van der Waals surface area contributed by atoms with Crippen LogP contribution in [0.3, 0.4) is 0 Å². The molecule has 1 aliphatic heterocycles.